The average molecular weight is 300 g/mol. The van der Waals surface area contributed by atoms with Crippen LogP contribution in [0, 0.1) is 12.8 Å². The van der Waals surface area contributed by atoms with Gasteiger partial charge in [0.1, 0.15) is 0 Å². The molecule has 1 unspecified atom stereocenters. The summed E-state index contributed by atoms with van der Waals surface area (Å²) in [6.45, 7) is 6.08. The molecule has 0 fully saturated rings. The van der Waals surface area contributed by atoms with Gasteiger partial charge >= 0.3 is 0 Å². The largest absolute Gasteiger partial charge is 0.391 e. The van der Waals surface area contributed by atoms with Crippen LogP contribution in [-0.4, -0.2) is 23.7 Å². The summed E-state index contributed by atoms with van der Waals surface area (Å²) in [5.74, 6) is -0.0227. The van der Waals surface area contributed by atoms with Crippen molar-refractivity contribution in [2.45, 2.75) is 26.9 Å². The van der Waals surface area contributed by atoms with Crippen molar-refractivity contribution >= 4 is 21.8 Å². The molecular formula is C13H18BrNO2. The van der Waals surface area contributed by atoms with Crippen LogP contribution in [0.4, 0.5) is 0 Å². The molecule has 0 aromatic heterocycles. The van der Waals surface area contributed by atoms with E-state index in [-0.39, 0.29) is 18.4 Å². The maximum Gasteiger partial charge on any atom is 0.251 e. The number of aryl methyl sites for hydroxylation is 1. The second-order valence-corrected chi connectivity index (χ2v) is 5.34. The Kier molecular flexibility index (Phi) is 5.15. The summed E-state index contributed by atoms with van der Waals surface area (Å²) in [5, 5.41) is 12.3. The highest BCUT2D eigenvalue weighted by Gasteiger charge is 2.12. The van der Waals surface area contributed by atoms with Gasteiger partial charge in [-0.3, -0.25) is 4.79 Å². The molecular weight excluding hydrogens is 282 g/mol. The summed E-state index contributed by atoms with van der Waals surface area (Å²) >= 11 is 3.39. The van der Waals surface area contributed by atoms with E-state index in [0.29, 0.717) is 5.56 Å². The summed E-state index contributed by atoms with van der Waals surface area (Å²) in [4.78, 5) is 11.8. The van der Waals surface area contributed by atoms with Gasteiger partial charge in [0, 0.05) is 16.6 Å². The first-order valence-electron chi connectivity index (χ1n) is 5.64. The number of benzene rings is 1. The fourth-order valence-corrected chi connectivity index (χ4v) is 1.65. The number of carbonyl (C=O) groups is 1. The van der Waals surface area contributed by atoms with Gasteiger partial charge in [0.2, 0.25) is 0 Å². The molecule has 1 aromatic rings. The molecule has 0 radical (unpaired) electrons. The van der Waals surface area contributed by atoms with E-state index in [1.54, 1.807) is 12.1 Å². The number of hydrogen-bond acceptors (Lipinski definition) is 2. The molecule has 94 valence electrons. The average Bonchev–Trinajstić information content (AvgIpc) is 2.28. The van der Waals surface area contributed by atoms with Gasteiger partial charge in [-0.1, -0.05) is 35.8 Å². The van der Waals surface area contributed by atoms with Gasteiger partial charge in [-0.05, 0) is 30.5 Å². The first kappa shape index (κ1) is 14.2. The van der Waals surface area contributed by atoms with Crippen LogP contribution in [0.1, 0.15) is 29.8 Å². The van der Waals surface area contributed by atoms with Crippen LogP contribution >= 0.6 is 15.9 Å². The molecule has 0 aliphatic rings. The van der Waals surface area contributed by atoms with Gasteiger partial charge in [0.25, 0.3) is 5.91 Å². The molecule has 0 spiro atoms. The minimum atomic E-state index is -0.507. The number of rotatable bonds is 4. The predicted molar refractivity (Wildman–Crippen MR) is 72.1 cm³/mol. The third-order valence-corrected chi connectivity index (χ3v) is 3.53. The van der Waals surface area contributed by atoms with Gasteiger partial charge in [0.15, 0.2) is 0 Å². The van der Waals surface area contributed by atoms with Crippen molar-refractivity contribution in [2.24, 2.45) is 5.92 Å². The highest BCUT2D eigenvalue weighted by atomic mass is 79.9. The molecule has 2 N–H and O–H groups in total. The van der Waals surface area contributed by atoms with Crippen LogP contribution in [0.25, 0.3) is 0 Å². The van der Waals surface area contributed by atoms with Crippen molar-refractivity contribution in [1.29, 1.82) is 0 Å². The number of amides is 1. The minimum Gasteiger partial charge on any atom is -0.391 e. The number of hydrogen-bond donors (Lipinski definition) is 2. The monoisotopic (exact) mass is 299 g/mol. The highest BCUT2D eigenvalue weighted by molar-refractivity contribution is 9.10. The number of aliphatic hydroxyl groups is 1. The third-order valence-electron chi connectivity index (χ3n) is 2.68. The zero-order chi connectivity index (χ0) is 13.0. The Hall–Kier alpha value is -0.870. The minimum absolute atomic E-state index is 0.139. The van der Waals surface area contributed by atoms with Gasteiger partial charge in [-0.15, -0.1) is 0 Å². The van der Waals surface area contributed by atoms with Gasteiger partial charge in [0.05, 0.1) is 6.10 Å². The molecule has 0 saturated heterocycles. The summed E-state index contributed by atoms with van der Waals surface area (Å²) in [7, 11) is 0. The van der Waals surface area contributed by atoms with Crippen LogP contribution in [0.15, 0.2) is 22.7 Å². The van der Waals surface area contributed by atoms with Gasteiger partial charge in [-0.25, -0.2) is 0 Å². The van der Waals surface area contributed by atoms with Crippen molar-refractivity contribution in [1.82, 2.24) is 5.32 Å². The van der Waals surface area contributed by atoms with E-state index in [9.17, 15) is 9.90 Å². The van der Waals surface area contributed by atoms with Crippen molar-refractivity contribution in [3.63, 3.8) is 0 Å². The van der Waals surface area contributed by atoms with Crippen molar-refractivity contribution in [2.75, 3.05) is 6.54 Å². The SMILES string of the molecule is Cc1ccc(C(=O)NCC(O)C(C)C)cc1Br. The summed E-state index contributed by atoms with van der Waals surface area (Å²) in [5.41, 5.74) is 1.68. The van der Waals surface area contributed by atoms with E-state index >= 15 is 0 Å². The predicted octanol–water partition coefficient (Wildman–Crippen LogP) is 2.50. The lowest BCUT2D eigenvalue weighted by atomic mass is 10.1. The van der Waals surface area contributed by atoms with Crippen LogP contribution in [0.5, 0.6) is 0 Å². The first-order valence-corrected chi connectivity index (χ1v) is 6.43. The topological polar surface area (TPSA) is 49.3 Å². The van der Waals surface area contributed by atoms with Gasteiger partial charge < -0.3 is 10.4 Å². The fourth-order valence-electron chi connectivity index (χ4n) is 1.27. The molecule has 1 aromatic carbocycles. The maximum absolute atomic E-state index is 11.8. The normalized spacial score (nSPS) is 12.6. The lowest BCUT2D eigenvalue weighted by molar-refractivity contribution is 0.0871. The standard InChI is InChI=1S/C13H18BrNO2/c1-8(2)12(16)7-15-13(17)10-5-4-9(3)11(14)6-10/h4-6,8,12,16H,7H2,1-3H3,(H,15,17). The zero-order valence-electron chi connectivity index (χ0n) is 10.3. The van der Waals surface area contributed by atoms with Gasteiger partial charge in [-0.2, -0.15) is 0 Å². The van der Waals surface area contributed by atoms with Crippen LogP contribution < -0.4 is 5.32 Å². The molecule has 1 atom stereocenters. The quantitative estimate of drug-likeness (QED) is 0.897. The Morgan fingerprint density at radius 2 is 2.12 bits per heavy atom. The number of aliphatic hydroxyl groups excluding tert-OH is 1. The van der Waals surface area contributed by atoms with E-state index in [4.69, 9.17) is 0 Å². The summed E-state index contributed by atoms with van der Waals surface area (Å²) < 4.78 is 0.912. The lowest BCUT2D eigenvalue weighted by Gasteiger charge is -2.15. The summed E-state index contributed by atoms with van der Waals surface area (Å²) in [6, 6.07) is 5.45. The zero-order valence-corrected chi connectivity index (χ0v) is 11.9. The molecule has 0 heterocycles. The molecule has 17 heavy (non-hydrogen) atoms. The molecule has 1 rings (SSSR count). The van der Waals surface area contributed by atoms with E-state index in [2.05, 4.69) is 21.2 Å². The van der Waals surface area contributed by atoms with Crippen molar-refractivity contribution in [3.05, 3.63) is 33.8 Å². The van der Waals surface area contributed by atoms with Crippen molar-refractivity contribution < 1.29 is 9.90 Å². The third kappa shape index (κ3) is 4.13. The number of nitrogens with one attached hydrogen (secondary N) is 1. The molecule has 0 bridgehead atoms. The van der Waals surface area contributed by atoms with Crippen molar-refractivity contribution in [3.8, 4) is 0 Å². The maximum atomic E-state index is 11.8. The van der Waals surface area contributed by atoms with E-state index in [0.717, 1.165) is 10.0 Å². The Morgan fingerprint density at radius 1 is 1.47 bits per heavy atom. The molecule has 0 aliphatic heterocycles. The summed E-state index contributed by atoms with van der Waals surface area (Å²) in [6.07, 6.45) is -0.507. The van der Waals surface area contributed by atoms with E-state index in [1.807, 2.05) is 26.8 Å². The second kappa shape index (κ2) is 6.17. The molecule has 1 amide bonds. The molecule has 3 nitrogen and oxygen atoms in total. The smallest absolute Gasteiger partial charge is 0.251 e. The number of halogens is 1. The Balaban J connectivity index is 2.61. The van der Waals surface area contributed by atoms with E-state index < -0.39 is 6.10 Å². The van der Waals surface area contributed by atoms with Crippen LogP contribution in [0.3, 0.4) is 0 Å². The number of carbonyl (C=O) groups excluding carboxylic acids is 1. The van der Waals surface area contributed by atoms with Crippen LogP contribution in [-0.2, 0) is 0 Å². The van der Waals surface area contributed by atoms with E-state index in [1.165, 1.54) is 0 Å². The molecule has 0 aliphatic carbocycles. The molecule has 4 heteroatoms. The Morgan fingerprint density at radius 3 is 2.65 bits per heavy atom. The van der Waals surface area contributed by atoms with Crippen LogP contribution in [0.2, 0.25) is 0 Å². The Bertz CT molecular complexity index is 404. The second-order valence-electron chi connectivity index (χ2n) is 4.49. The first-order chi connectivity index (χ1) is 7.91. The Labute approximate surface area is 110 Å². The fraction of sp³-hybridized carbons (Fsp3) is 0.462. The highest BCUT2D eigenvalue weighted by Crippen LogP contribution is 2.17. The lowest BCUT2D eigenvalue weighted by Crippen LogP contribution is -2.34. The molecule has 0 saturated carbocycles.